The number of aryl methyl sites for hydroxylation is 2. The maximum Gasteiger partial charge on any atom is 0.147 e. The zero-order valence-electron chi connectivity index (χ0n) is 13.2. The molecule has 1 aliphatic heterocycles. The second kappa shape index (κ2) is 5.96. The number of rotatable bonds is 4. The lowest BCUT2D eigenvalue weighted by Gasteiger charge is -2.23. The van der Waals surface area contributed by atoms with Gasteiger partial charge in [0.1, 0.15) is 11.6 Å². The van der Waals surface area contributed by atoms with E-state index in [0.29, 0.717) is 6.04 Å². The molecule has 1 atom stereocenters. The van der Waals surface area contributed by atoms with Crippen molar-refractivity contribution in [3.8, 4) is 5.69 Å². The summed E-state index contributed by atoms with van der Waals surface area (Å²) in [6.45, 7) is 3.60. The Bertz CT molecular complexity index is 789. The monoisotopic (exact) mass is 308 g/mol. The van der Waals surface area contributed by atoms with E-state index in [1.165, 1.54) is 0 Å². The van der Waals surface area contributed by atoms with Gasteiger partial charge in [0.15, 0.2) is 0 Å². The predicted octanol–water partition coefficient (Wildman–Crippen LogP) is 1.88. The van der Waals surface area contributed by atoms with Crippen LogP contribution >= 0.6 is 0 Å². The van der Waals surface area contributed by atoms with Crippen molar-refractivity contribution in [2.24, 2.45) is 0 Å². The first-order valence-electron chi connectivity index (χ1n) is 8.01. The minimum Gasteiger partial charge on any atom is -0.306 e. The van der Waals surface area contributed by atoms with Crippen molar-refractivity contribution in [2.75, 3.05) is 0 Å². The first kappa shape index (κ1) is 14.1. The molecule has 0 saturated heterocycles. The Balaban J connectivity index is 1.38. The Morgan fingerprint density at radius 2 is 2.04 bits per heavy atom. The summed E-state index contributed by atoms with van der Waals surface area (Å²) in [5.74, 6) is 1.97. The lowest BCUT2D eigenvalue weighted by atomic mass is 10.1. The van der Waals surface area contributed by atoms with Gasteiger partial charge >= 0.3 is 0 Å². The molecule has 3 heterocycles. The van der Waals surface area contributed by atoms with Crippen molar-refractivity contribution in [1.82, 2.24) is 29.9 Å². The van der Waals surface area contributed by atoms with Gasteiger partial charge in [-0.1, -0.05) is 18.2 Å². The Hall–Kier alpha value is -2.47. The van der Waals surface area contributed by atoms with Crippen molar-refractivity contribution in [3.63, 3.8) is 0 Å². The van der Waals surface area contributed by atoms with Gasteiger partial charge in [0.25, 0.3) is 0 Å². The molecule has 2 aromatic heterocycles. The van der Waals surface area contributed by atoms with Crippen molar-refractivity contribution >= 4 is 0 Å². The van der Waals surface area contributed by atoms with Crippen LogP contribution in [0.15, 0.2) is 42.6 Å². The molecule has 0 aliphatic carbocycles. The van der Waals surface area contributed by atoms with Crippen molar-refractivity contribution in [3.05, 3.63) is 59.9 Å². The maximum atomic E-state index is 4.63. The van der Waals surface area contributed by atoms with Gasteiger partial charge in [-0.15, -0.1) is 0 Å². The Morgan fingerprint density at radius 3 is 2.91 bits per heavy atom. The molecular formula is C17H20N6. The highest BCUT2D eigenvalue weighted by Gasteiger charge is 2.20. The van der Waals surface area contributed by atoms with E-state index in [0.717, 1.165) is 49.0 Å². The molecule has 0 radical (unpaired) electrons. The van der Waals surface area contributed by atoms with Crippen LogP contribution < -0.4 is 5.32 Å². The quantitative estimate of drug-likeness (QED) is 0.799. The van der Waals surface area contributed by atoms with Gasteiger partial charge in [-0.2, -0.15) is 10.2 Å². The fourth-order valence-corrected chi connectivity index (χ4v) is 3.03. The minimum atomic E-state index is 0.422. The van der Waals surface area contributed by atoms with Gasteiger partial charge in [0.05, 0.1) is 17.9 Å². The maximum absolute atomic E-state index is 4.63. The molecule has 3 aromatic rings. The van der Waals surface area contributed by atoms with Gasteiger partial charge in [-0.05, 0) is 31.5 Å². The van der Waals surface area contributed by atoms with Crippen LogP contribution in [-0.4, -0.2) is 30.6 Å². The molecule has 1 N–H and O–H groups in total. The van der Waals surface area contributed by atoms with E-state index in [4.69, 9.17) is 0 Å². The van der Waals surface area contributed by atoms with Gasteiger partial charge in [-0.3, -0.25) is 0 Å². The second-order valence-electron chi connectivity index (χ2n) is 5.96. The van der Waals surface area contributed by atoms with Crippen LogP contribution in [0.4, 0.5) is 0 Å². The average molecular weight is 308 g/mol. The van der Waals surface area contributed by atoms with E-state index in [1.54, 1.807) is 0 Å². The second-order valence-corrected chi connectivity index (χ2v) is 5.96. The average Bonchev–Trinajstić information content (AvgIpc) is 3.18. The normalized spacial score (nSPS) is 17.2. The molecule has 0 fully saturated rings. The van der Waals surface area contributed by atoms with Crippen molar-refractivity contribution < 1.29 is 0 Å². The number of nitrogens with zero attached hydrogens (tertiary/aromatic N) is 5. The number of nitrogens with one attached hydrogen (secondary N) is 1. The zero-order valence-corrected chi connectivity index (χ0v) is 13.2. The van der Waals surface area contributed by atoms with Crippen LogP contribution in [0.5, 0.6) is 0 Å². The van der Waals surface area contributed by atoms with Crippen molar-refractivity contribution in [1.29, 1.82) is 0 Å². The number of aromatic nitrogens is 5. The molecule has 1 aromatic carbocycles. The predicted molar refractivity (Wildman–Crippen MR) is 87.3 cm³/mol. The van der Waals surface area contributed by atoms with Crippen LogP contribution in [0.2, 0.25) is 0 Å². The van der Waals surface area contributed by atoms with E-state index < -0.39 is 0 Å². The molecule has 0 saturated carbocycles. The van der Waals surface area contributed by atoms with E-state index in [2.05, 4.69) is 38.7 Å². The van der Waals surface area contributed by atoms with Crippen LogP contribution in [0.1, 0.15) is 23.8 Å². The van der Waals surface area contributed by atoms with Gasteiger partial charge in [0.2, 0.25) is 0 Å². The first-order chi connectivity index (χ1) is 11.3. The highest BCUT2D eigenvalue weighted by molar-refractivity contribution is 5.30. The highest BCUT2D eigenvalue weighted by atomic mass is 15.4. The molecule has 0 bridgehead atoms. The molecule has 1 aliphatic rings. The molecule has 118 valence electrons. The van der Waals surface area contributed by atoms with Crippen LogP contribution in [0.25, 0.3) is 5.69 Å². The number of hydrogen-bond acceptors (Lipinski definition) is 4. The largest absolute Gasteiger partial charge is 0.306 e. The molecule has 0 spiro atoms. The Kier molecular flexibility index (Phi) is 3.67. The van der Waals surface area contributed by atoms with Crippen LogP contribution in [0, 0.1) is 6.92 Å². The standard InChI is InChI=1S/C17H20N6/c1-13-19-17-8-7-15(12-23(17)20-13)18-11-14-9-10-22(21-14)16-5-3-2-4-6-16/h2-6,9-10,15,18H,7-8,11-12H2,1H3/t15-/m0/s1. The van der Waals surface area contributed by atoms with Gasteiger partial charge in [-0.25, -0.2) is 14.3 Å². The number of para-hydroxylation sites is 1. The summed E-state index contributed by atoms with van der Waals surface area (Å²) in [6, 6.07) is 12.7. The molecule has 23 heavy (non-hydrogen) atoms. The number of fused-ring (bicyclic) bond motifs is 1. The third kappa shape index (κ3) is 3.03. The molecule has 4 rings (SSSR count). The molecule has 6 heteroatoms. The summed E-state index contributed by atoms with van der Waals surface area (Å²) in [7, 11) is 0. The van der Waals surface area contributed by atoms with E-state index in [1.807, 2.05) is 40.7 Å². The van der Waals surface area contributed by atoms with Crippen LogP contribution in [-0.2, 0) is 19.5 Å². The van der Waals surface area contributed by atoms with Crippen molar-refractivity contribution in [2.45, 2.75) is 38.9 Å². The Morgan fingerprint density at radius 1 is 1.17 bits per heavy atom. The lowest BCUT2D eigenvalue weighted by Crippen LogP contribution is -2.37. The molecular weight excluding hydrogens is 288 g/mol. The highest BCUT2D eigenvalue weighted by Crippen LogP contribution is 2.13. The van der Waals surface area contributed by atoms with E-state index >= 15 is 0 Å². The molecule has 0 unspecified atom stereocenters. The zero-order chi connectivity index (χ0) is 15.6. The minimum absolute atomic E-state index is 0.422. The van der Waals surface area contributed by atoms with E-state index in [-0.39, 0.29) is 0 Å². The number of benzene rings is 1. The summed E-state index contributed by atoms with van der Waals surface area (Å²) in [5.41, 5.74) is 2.13. The third-order valence-electron chi connectivity index (χ3n) is 4.20. The van der Waals surface area contributed by atoms with Crippen LogP contribution in [0.3, 0.4) is 0 Å². The fraction of sp³-hybridized carbons (Fsp3) is 0.353. The summed E-state index contributed by atoms with van der Waals surface area (Å²) in [4.78, 5) is 4.45. The smallest absolute Gasteiger partial charge is 0.147 e. The van der Waals surface area contributed by atoms with E-state index in [9.17, 15) is 0 Å². The first-order valence-corrected chi connectivity index (χ1v) is 8.01. The third-order valence-corrected chi connectivity index (χ3v) is 4.20. The lowest BCUT2D eigenvalue weighted by molar-refractivity contribution is 0.356. The SMILES string of the molecule is Cc1nc2n(n1)C[C@@H](NCc1ccn(-c3ccccc3)n1)CC2. The summed E-state index contributed by atoms with van der Waals surface area (Å²) in [6.07, 6.45) is 4.08. The number of hydrogen-bond donors (Lipinski definition) is 1. The fourth-order valence-electron chi connectivity index (χ4n) is 3.03. The van der Waals surface area contributed by atoms with Gasteiger partial charge < -0.3 is 5.32 Å². The summed E-state index contributed by atoms with van der Waals surface area (Å²) < 4.78 is 3.94. The molecule has 6 nitrogen and oxygen atoms in total. The summed E-state index contributed by atoms with van der Waals surface area (Å²) in [5, 5.41) is 12.7. The van der Waals surface area contributed by atoms with Gasteiger partial charge in [0, 0.05) is 25.2 Å². The molecule has 0 amide bonds. The summed E-state index contributed by atoms with van der Waals surface area (Å²) >= 11 is 0. The Labute approximate surface area is 135 Å². The topological polar surface area (TPSA) is 60.6 Å².